The van der Waals surface area contributed by atoms with Crippen LogP contribution in [0.15, 0.2) is 30.3 Å². The van der Waals surface area contributed by atoms with Crippen LogP contribution in [0.5, 0.6) is 0 Å². The van der Waals surface area contributed by atoms with Crippen molar-refractivity contribution in [1.29, 1.82) is 0 Å². The molecule has 0 aliphatic heterocycles. The molecule has 4 N–H and O–H groups in total. The SMILES string of the molecule is CC(C)(C)OC(=O)C[C@@H](NC(=O)OC(C)(C)C)C(=O)N[C@@H](Cc1ccccc1)C(N)=O. The molecule has 0 aliphatic carbocycles. The number of esters is 1. The molecule has 0 spiro atoms. The lowest BCUT2D eigenvalue weighted by Crippen LogP contribution is -2.54. The van der Waals surface area contributed by atoms with E-state index in [1.54, 1.807) is 65.8 Å². The Kier molecular flexibility index (Phi) is 9.02. The van der Waals surface area contributed by atoms with Gasteiger partial charge < -0.3 is 25.8 Å². The van der Waals surface area contributed by atoms with Crippen molar-refractivity contribution in [2.75, 3.05) is 0 Å². The minimum atomic E-state index is -1.32. The monoisotopic (exact) mass is 435 g/mol. The van der Waals surface area contributed by atoms with Crippen LogP contribution in [0.3, 0.4) is 0 Å². The molecule has 0 saturated carbocycles. The molecular formula is C22H33N3O6. The molecule has 3 amide bonds. The Labute approximate surface area is 183 Å². The highest BCUT2D eigenvalue weighted by molar-refractivity contribution is 5.93. The van der Waals surface area contributed by atoms with Crippen molar-refractivity contribution in [2.45, 2.75) is 77.7 Å². The summed E-state index contributed by atoms with van der Waals surface area (Å²) >= 11 is 0. The molecule has 9 heteroatoms. The fraction of sp³-hybridized carbons (Fsp3) is 0.545. The summed E-state index contributed by atoms with van der Waals surface area (Å²) in [5.74, 6) is -2.19. The lowest BCUT2D eigenvalue weighted by Gasteiger charge is -2.25. The number of nitrogens with one attached hydrogen (secondary N) is 2. The molecule has 0 heterocycles. The number of carbonyl (C=O) groups is 4. The first-order chi connectivity index (χ1) is 14.2. The predicted molar refractivity (Wildman–Crippen MR) is 115 cm³/mol. The standard InChI is InChI=1S/C22H33N3O6/c1-21(2,3)30-17(26)13-16(25-20(29)31-22(4,5)6)19(28)24-15(18(23)27)12-14-10-8-7-9-11-14/h7-11,15-16H,12-13H2,1-6H3,(H2,23,27)(H,24,28)(H,25,29)/t15-,16+/m0/s1. The average Bonchev–Trinajstić information content (AvgIpc) is 2.58. The van der Waals surface area contributed by atoms with Gasteiger partial charge in [-0.05, 0) is 47.1 Å². The van der Waals surface area contributed by atoms with E-state index in [-0.39, 0.29) is 6.42 Å². The summed E-state index contributed by atoms with van der Waals surface area (Å²) in [6.07, 6.45) is -1.16. The Bertz CT molecular complexity index is 751. The normalized spacial score (nSPS) is 13.5. The molecule has 1 aromatic rings. The number of nitrogens with two attached hydrogens (primary N) is 1. The second-order valence-electron chi connectivity index (χ2n) is 9.14. The average molecular weight is 436 g/mol. The van der Waals surface area contributed by atoms with Crippen molar-refractivity contribution < 1.29 is 28.7 Å². The van der Waals surface area contributed by atoms with E-state index in [4.69, 9.17) is 15.2 Å². The number of carbonyl (C=O) groups excluding carboxylic acids is 4. The molecule has 0 radical (unpaired) electrons. The van der Waals surface area contributed by atoms with Crippen LogP contribution in [0.4, 0.5) is 4.79 Å². The highest BCUT2D eigenvalue weighted by Gasteiger charge is 2.31. The van der Waals surface area contributed by atoms with E-state index in [0.29, 0.717) is 0 Å². The zero-order valence-corrected chi connectivity index (χ0v) is 19.0. The summed E-state index contributed by atoms with van der Waals surface area (Å²) in [6, 6.07) is 6.65. The van der Waals surface area contributed by atoms with Crippen LogP contribution in [0.1, 0.15) is 53.5 Å². The van der Waals surface area contributed by atoms with E-state index in [0.717, 1.165) is 5.56 Å². The van der Waals surface area contributed by atoms with E-state index in [1.165, 1.54) is 0 Å². The molecule has 2 atom stereocenters. The largest absolute Gasteiger partial charge is 0.460 e. The third-order valence-electron chi connectivity index (χ3n) is 3.74. The number of hydrogen-bond acceptors (Lipinski definition) is 6. The van der Waals surface area contributed by atoms with Gasteiger partial charge in [0.05, 0.1) is 6.42 Å². The second kappa shape index (κ2) is 10.8. The van der Waals surface area contributed by atoms with E-state index in [9.17, 15) is 19.2 Å². The van der Waals surface area contributed by atoms with Crippen molar-refractivity contribution in [2.24, 2.45) is 5.73 Å². The molecule has 0 bridgehead atoms. The zero-order chi connectivity index (χ0) is 23.8. The van der Waals surface area contributed by atoms with Gasteiger partial charge in [-0.1, -0.05) is 30.3 Å². The van der Waals surface area contributed by atoms with Crippen LogP contribution in [0, 0.1) is 0 Å². The number of primary amides is 1. The lowest BCUT2D eigenvalue weighted by molar-refractivity contribution is -0.156. The zero-order valence-electron chi connectivity index (χ0n) is 19.0. The van der Waals surface area contributed by atoms with Gasteiger partial charge in [0.15, 0.2) is 0 Å². The van der Waals surface area contributed by atoms with Gasteiger partial charge in [-0.25, -0.2) is 4.79 Å². The first kappa shape index (κ1) is 25.9. The highest BCUT2D eigenvalue weighted by Crippen LogP contribution is 2.12. The molecule has 172 valence electrons. The lowest BCUT2D eigenvalue weighted by atomic mass is 10.0. The van der Waals surface area contributed by atoms with Crippen molar-refractivity contribution in [3.8, 4) is 0 Å². The smallest absolute Gasteiger partial charge is 0.408 e. The number of rotatable bonds is 8. The van der Waals surface area contributed by atoms with Crippen LogP contribution in [-0.2, 0) is 30.3 Å². The van der Waals surface area contributed by atoms with Gasteiger partial charge in [0.2, 0.25) is 11.8 Å². The Hall–Kier alpha value is -3.10. The molecule has 1 aromatic carbocycles. The van der Waals surface area contributed by atoms with Crippen molar-refractivity contribution in [3.63, 3.8) is 0 Å². The van der Waals surface area contributed by atoms with Gasteiger partial charge in [0, 0.05) is 6.42 Å². The maximum atomic E-state index is 12.9. The van der Waals surface area contributed by atoms with Crippen LogP contribution in [0.2, 0.25) is 0 Å². The molecule has 0 unspecified atom stereocenters. The molecule has 1 rings (SSSR count). The fourth-order valence-electron chi connectivity index (χ4n) is 2.55. The van der Waals surface area contributed by atoms with Crippen LogP contribution in [-0.4, -0.2) is 47.2 Å². The van der Waals surface area contributed by atoms with E-state index < -0.39 is 53.6 Å². The number of alkyl carbamates (subject to hydrolysis) is 1. The highest BCUT2D eigenvalue weighted by atomic mass is 16.6. The minimum Gasteiger partial charge on any atom is -0.460 e. The van der Waals surface area contributed by atoms with E-state index in [2.05, 4.69) is 10.6 Å². The Morgan fingerprint density at radius 3 is 1.90 bits per heavy atom. The molecule has 0 fully saturated rings. The molecule has 9 nitrogen and oxygen atoms in total. The maximum absolute atomic E-state index is 12.9. The number of hydrogen-bond donors (Lipinski definition) is 3. The number of benzene rings is 1. The summed E-state index contributed by atoms with van der Waals surface area (Å²) in [7, 11) is 0. The summed E-state index contributed by atoms with van der Waals surface area (Å²) in [5, 5.41) is 4.88. The van der Waals surface area contributed by atoms with Crippen LogP contribution >= 0.6 is 0 Å². The fourth-order valence-corrected chi connectivity index (χ4v) is 2.55. The topological polar surface area (TPSA) is 137 Å². The number of ether oxygens (including phenoxy) is 2. The quantitative estimate of drug-likeness (QED) is 0.533. The van der Waals surface area contributed by atoms with Gasteiger partial charge in [-0.3, -0.25) is 14.4 Å². The first-order valence-corrected chi connectivity index (χ1v) is 10.0. The maximum Gasteiger partial charge on any atom is 0.408 e. The minimum absolute atomic E-state index is 0.160. The van der Waals surface area contributed by atoms with Crippen molar-refractivity contribution in [1.82, 2.24) is 10.6 Å². The molecule has 0 saturated heterocycles. The molecular weight excluding hydrogens is 402 g/mol. The van der Waals surface area contributed by atoms with Crippen molar-refractivity contribution >= 4 is 23.9 Å². The Morgan fingerprint density at radius 1 is 0.871 bits per heavy atom. The summed E-state index contributed by atoms with van der Waals surface area (Å²) in [6.45, 7) is 10.0. The van der Waals surface area contributed by atoms with Gasteiger partial charge >= 0.3 is 12.1 Å². The Balaban J connectivity index is 2.96. The van der Waals surface area contributed by atoms with Crippen molar-refractivity contribution in [3.05, 3.63) is 35.9 Å². The second-order valence-corrected chi connectivity index (χ2v) is 9.14. The third-order valence-corrected chi connectivity index (χ3v) is 3.74. The summed E-state index contributed by atoms with van der Waals surface area (Å²) in [4.78, 5) is 49.2. The molecule has 0 aliphatic rings. The van der Waals surface area contributed by atoms with E-state index in [1.807, 2.05) is 6.07 Å². The van der Waals surface area contributed by atoms with E-state index >= 15 is 0 Å². The van der Waals surface area contributed by atoms with Gasteiger partial charge in [-0.2, -0.15) is 0 Å². The van der Waals surface area contributed by atoms with Gasteiger partial charge in [0.1, 0.15) is 23.3 Å². The van der Waals surface area contributed by atoms with Crippen LogP contribution in [0.25, 0.3) is 0 Å². The molecule has 31 heavy (non-hydrogen) atoms. The molecule has 0 aromatic heterocycles. The Morgan fingerprint density at radius 2 is 1.42 bits per heavy atom. The summed E-state index contributed by atoms with van der Waals surface area (Å²) < 4.78 is 10.4. The number of amides is 3. The predicted octanol–water partition coefficient (Wildman–Crippen LogP) is 1.82. The van der Waals surface area contributed by atoms with Gasteiger partial charge in [0.25, 0.3) is 0 Å². The van der Waals surface area contributed by atoms with Crippen LogP contribution < -0.4 is 16.4 Å². The third kappa shape index (κ3) is 11.0. The van der Waals surface area contributed by atoms with Gasteiger partial charge in [-0.15, -0.1) is 0 Å². The first-order valence-electron chi connectivity index (χ1n) is 10.0. The summed E-state index contributed by atoms with van der Waals surface area (Å²) in [5.41, 5.74) is 4.66.